The smallest absolute Gasteiger partial charge is 0.249 e. The Bertz CT molecular complexity index is 3890. The van der Waals surface area contributed by atoms with Gasteiger partial charge < -0.3 is 82.1 Å². The van der Waals surface area contributed by atoms with E-state index in [2.05, 4.69) is 48.3 Å². The Kier molecular flexibility index (Phi) is 24.6. The van der Waals surface area contributed by atoms with Crippen LogP contribution in [0.1, 0.15) is 112 Å². The molecule has 7 heterocycles. The summed E-state index contributed by atoms with van der Waals surface area (Å²) in [5.41, 5.74) is 6.85. The molecule has 11 rings (SSSR count). The molecule has 2 fully saturated rings. The highest BCUT2D eigenvalue weighted by molar-refractivity contribution is 6.00. The molecule has 0 spiro atoms. The van der Waals surface area contributed by atoms with Crippen molar-refractivity contribution in [1.82, 2.24) is 61.8 Å². The van der Waals surface area contributed by atoms with Crippen LogP contribution in [0, 0.1) is 5.82 Å². The fourth-order valence-corrected chi connectivity index (χ4v) is 14.0. The number of aryl methyl sites for hydroxylation is 1. The molecule has 10 atom stereocenters. The third-order valence-corrected chi connectivity index (χ3v) is 19.8. The van der Waals surface area contributed by atoms with Crippen LogP contribution in [-0.4, -0.2) is 196 Å². The maximum Gasteiger partial charge on any atom is 0.249 e. The number of fused-ring (bicyclic) bond motifs is 16. The summed E-state index contributed by atoms with van der Waals surface area (Å²) in [5, 5.41) is 34.2. The number of benzene rings is 4. The fourth-order valence-electron chi connectivity index (χ4n) is 14.0. The molecule has 0 radical (unpaired) electrons. The van der Waals surface area contributed by atoms with Gasteiger partial charge in [0, 0.05) is 95.0 Å². The van der Waals surface area contributed by atoms with E-state index in [0.29, 0.717) is 90.5 Å². The molecule has 0 aliphatic carbocycles. The molecule has 27 nitrogen and oxygen atoms in total. The van der Waals surface area contributed by atoms with Crippen molar-refractivity contribution in [1.29, 1.82) is 0 Å². The van der Waals surface area contributed by atoms with Gasteiger partial charge in [-0.25, -0.2) is 4.39 Å². The predicted molar refractivity (Wildman–Crippen MR) is 366 cm³/mol. The SMILES string of the molecule is COc1ccc(C[C@@H]2NC(=O)[C@H]([C@@H](C)O)NC(=O)[C@@H]3[C@@H]4CCN3C(=O)[C@@H]3Cc5cn(c6ccc(F)cc56)CCCCCCN(Cc5ccc(cc5)CCNC(=O)[C@]5(C)CCCN5C2=O)C(=O)CCC(=O)N[C@@H](C)C(=O)N[C@H](C[NH3+])C(=O)N[C@@H](Cc2cccc(c2)CNC(=O)CO4)C(=O)N3)cc1. The van der Waals surface area contributed by atoms with Crippen LogP contribution in [0.3, 0.4) is 0 Å². The molecule has 1 aromatic heterocycles. The number of carbonyl (C=O) groups excluding carboxylic acids is 11. The topological polar surface area (TPSA) is 365 Å². The first-order valence-electron chi connectivity index (χ1n) is 34.9. The summed E-state index contributed by atoms with van der Waals surface area (Å²) in [6.45, 7) is 4.49. The lowest BCUT2D eigenvalue weighted by Crippen LogP contribution is -2.67. The van der Waals surface area contributed by atoms with E-state index in [1.807, 2.05) is 28.8 Å². The molecule has 2 saturated heterocycles. The second kappa shape index (κ2) is 33.6. The van der Waals surface area contributed by atoms with Crippen LogP contribution in [0.5, 0.6) is 5.75 Å². The molecule has 540 valence electrons. The van der Waals surface area contributed by atoms with Crippen molar-refractivity contribution in [2.45, 2.75) is 184 Å². The van der Waals surface area contributed by atoms with Crippen LogP contribution in [0.2, 0.25) is 0 Å². The van der Waals surface area contributed by atoms with Gasteiger partial charge in [0.25, 0.3) is 0 Å². The predicted octanol–water partition coefficient (Wildman–Crippen LogP) is 0.421. The molecule has 5 aromatic rings. The Labute approximate surface area is 585 Å². The maximum absolute atomic E-state index is 16.0. The average Bonchev–Trinajstić information content (AvgIpc) is 1.71. The summed E-state index contributed by atoms with van der Waals surface area (Å²) in [4.78, 5) is 166. The zero-order valence-electron chi connectivity index (χ0n) is 57.6. The molecule has 12 N–H and O–H groups in total. The van der Waals surface area contributed by atoms with Crippen LogP contribution in [0.4, 0.5) is 4.39 Å². The number of hydrogen-bond acceptors (Lipinski definition) is 14. The van der Waals surface area contributed by atoms with Crippen LogP contribution in [0.25, 0.3) is 10.9 Å². The summed E-state index contributed by atoms with van der Waals surface area (Å²) in [6, 6.07) is 14.8. The number of aliphatic hydroxyl groups excluding tert-OH is 1. The molecule has 6 aliphatic rings. The Morgan fingerprint density at radius 1 is 0.673 bits per heavy atom. The molecule has 4 aromatic carbocycles. The van der Waals surface area contributed by atoms with Crippen molar-refractivity contribution in [3.8, 4) is 5.75 Å². The first-order valence-corrected chi connectivity index (χ1v) is 34.9. The van der Waals surface area contributed by atoms with Crippen molar-refractivity contribution >= 4 is 75.9 Å². The molecule has 28 heteroatoms. The second-order valence-electron chi connectivity index (χ2n) is 27.1. The number of methoxy groups -OCH3 is 1. The van der Waals surface area contributed by atoms with Crippen molar-refractivity contribution < 1.29 is 77.4 Å². The molecule has 12 bridgehead atoms. The van der Waals surface area contributed by atoms with Gasteiger partial charge in [0.2, 0.25) is 65.0 Å². The largest absolute Gasteiger partial charge is 0.497 e. The number of amides is 11. The first-order chi connectivity index (χ1) is 48.5. The summed E-state index contributed by atoms with van der Waals surface area (Å²) in [7, 11) is 1.50. The van der Waals surface area contributed by atoms with Gasteiger partial charge in [0.15, 0.2) is 6.04 Å². The number of quaternary nitrogens is 1. The Morgan fingerprint density at radius 3 is 2.14 bits per heavy atom. The monoisotopic (exact) mass is 1390 g/mol. The second-order valence-corrected chi connectivity index (χ2v) is 27.1. The van der Waals surface area contributed by atoms with E-state index in [1.54, 1.807) is 72.6 Å². The van der Waals surface area contributed by atoms with Gasteiger partial charge >= 0.3 is 0 Å². The standard InChI is InChI=1S/C73H92FN13O14/c1-43-65(92)82-57(38-75)67(94)79-54-35-48-11-9-12-49(33-48)39-77-61(90)42-101-59-26-32-86-64(59)69(96)83-63(44(2)88)68(95)81-55(34-46-17-20-52(100-4)21-18-46)71(98)87-31-10-27-73(87,3)72(99)76-28-25-45-13-15-47(16-14-45)40-85(62(91)24-23-60(89)78-43)30-8-6-5-7-29-84-41-50(36-56(70(86)97)80-66(54)93)53-37-51(74)19-22-58(53)84/h9,11-22,33,37,41,43-44,54-57,59,63-64,88H,5-8,10,23-32,34-36,38-40,42,75H2,1-4H3,(H,76,99)(H,77,90)(H,78,89)(H,79,94)(H,80,93)(H,81,95)(H,82,92)(H,83,96)/p+1/t43-,44+,54-,55-,56-,57+,59-,63-,64-,73-/m0/s1. The van der Waals surface area contributed by atoms with E-state index in [1.165, 1.54) is 38.0 Å². The normalized spacial score (nSPS) is 26.2. The van der Waals surface area contributed by atoms with E-state index in [9.17, 15) is 33.9 Å². The Morgan fingerprint density at radius 2 is 1.40 bits per heavy atom. The summed E-state index contributed by atoms with van der Waals surface area (Å²) in [6.07, 6.45) is 1.31. The van der Waals surface area contributed by atoms with Gasteiger partial charge in [-0.05, 0) is 123 Å². The molecule has 101 heavy (non-hydrogen) atoms. The first kappa shape index (κ1) is 73.9. The molecule has 0 saturated carbocycles. The number of halogens is 1. The molecule has 6 aliphatic heterocycles. The van der Waals surface area contributed by atoms with Crippen molar-refractivity contribution in [3.63, 3.8) is 0 Å². The van der Waals surface area contributed by atoms with Crippen molar-refractivity contribution in [3.05, 3.63) is 136 Å². The summed E-state index contributed by atoms with van der Waals surface area (Å²) in [5.74, 6) is -8.11. The number of nitrogens with one attached hydrogen (secondary N) is 8. The lowest BCUT2D eigenvalue weighted by Gasteiger charge is -2.37. The third-order valence-electron chi connectivity index (χ3n) is 19.8. The van der Waals surface area contributed by atoms with Crippen LogP contribution >= 0.6 is 0 Å². The number of nitrogens with zero attached hydrogens (tertiary/aromatic N) is 4. The number of hydrogen-bond donors (Lipinski definition) is 10. The van der Waals surface area contributed by atoms with Crippen LogP contribution < -0.4 is 53.0 Å². The minimum absolute atomic E-state index is 0.0417. The van der Waals surface area contributed by atoms with Crippen molar-refractivity contribution in [2.24, 2.45) is 0 Å². The number of carbonyl (C=O) groups is 11. The highest BCUT2D eigenvalue weighted by Crippen LogP contribution is 2.32. The minimum atomic E-state index is -1.83. The summed E-state index contributed by atoms with van der Waals surface area (Å²) < 4.78 is 29.2. The zero-order chi connectivity index (χ0) is 72.1. The molecular formula is C73H93FN13O14+. The highest BCUT2D eigenvalue weighted by atomic mass is 19.1. The van der Waals surface area contributed by atoms with E-state index in [0.717, 1.165) is 16.0 Å². The molecule has 11 amide bonds. The quantitative estimate of drug-likeness (QED) is 0.114. The van der Waals surface area contributed by atoms with Gasteiger partial charge in [-0.15, -0.1) is 0 Å². The minimum Gasteiger partial charge on any atom is -0.497 e. The third kappa shape index (κ3) is 18.4. The van der Waals surface area contributed by atoms with Crippen LogP contribution in [-0.2, 0) is 103 Å². The van der Waals surface area contributed by atoms with Crippen LogP contribution in [0.15, 0.2) is 97.2 Å². The number of ether oxygens (including phenoxy) is 2. The maximum atomic E-state index is 16.0. The van der Waals surface area contributed by atoms with E-state index < -0.39 is 132 Å². The molecular weight excluding hydrogens is 1300 g/mol. The van der Waals surface area contributed by atoms with Gasteiger partial charge in [-0.1, -0.05) is 73.5 Å². The van der Waals surface area contributed by atoms with E-state index in [4.69, 9.17) is 9.47 Å². The Balaban J connectivity index is 1.08. The fraction of sp³-hybridized carbons (Fsp3) is 0.493. The average molecular weight is 1400 g/mol. The van der Waals surface area contributed by atoms with Crippen molar-refractivity contribution in [2.75, 3.05) is 46.4 Å². The Hall–Kier alpha value is -9.80. The van der Waals surface area contributed by atoms with E-state index >= 15 is 28.4 Å². The lowest BCUT2D eigenvalue weighted by atomic mass is 9.95. The zero-order valence-corrected chi connectivity index (χ0v) is 57.6. The summed E-state index contributed by atoms with van der Waals surface area (Å²) >= 11 is 0. The van der Waals surface area contributed by atoms with Gasteiger partial charge in [0.05, 0.1) is 19.3 Å². The number of aliphatic hydroxyl groups is 1. The lowest BCUT2D eigenvalue weighted by molar-refractivity contribution is -0.370. The van der Waals surface area contributed by atoms with Gasteiger partial charge in [0.1, 0.15) is 66.5 Å². The number of aromatic nitrogens is 1. The highest BCUT2D eigenvalue weighted by Gasteiger charge is 2.50. The number of rotatable bonds is 5. The molecule has 0 unspecified atom stereocenters. The van der Waals surface area contributed by atoms with Gasteiger partial charge in [-0.3, -0.25) is 52.7 Å². The van der Waals surface area contributed by atoms with Gasteiger partial charge in [-0.2, -0.15) is 0 Å². The van der Waals surface area contributed by atoms with E-state index in [-0.39, 0.29) is 90.1 Å².